The van der Waals surface area contributed by atoms with Gasteiger partial charge in [-0.1, -0.05) is 60.7 Å². The van der Waals surface area contributed by atoms with Gasteiger partial charge in [-0.2, -0.15) is 0 Å². The SMILES string of the molecule is COc1cc(N(C)CCCNC(Cc2ccccc2)c2c[nH]c3ccccc23)nc2ccccc12. The van der Waals surface area contributed by atoms with E-state index in [-0.39, 0.29) is 6.04 Å². The topological polar surface area (TPSA) is 53.2 Å². The minimum Gasteiger partial charge on any atom is -0.496 e. The largest absolute Gasteiger partial charge is 0.496 e. The van der Waals surface area contributed by atoms with Crippen LogP contribution in [0.1, 0.15) is 23.6 Å². The van der Waals surface area contributed by atoms with Crippen LogP contribution in [-0.2, 0) is 6.42 Å². The molecular formula is C30H32N4O. The Labute approximate surface area is 206 Å². The summed E-state index contributed by atoms with van der Waals surface area (Å²) in [6.07, 6.45) is 4.10. The summed E-state index contributed by atoms with van der Waals surface area (Å²) in [6, 6.07) is 29.6. The number of ether oxygens (including phenoxy) is 1. The highest BCUT2D eigenvalue weighted by atomic mass is 16.5. The van der Waals surface area contributed by atoms with Crippen molar-refractivity contribution in [3.63, 3.8) is 0 Å². The van der Waals surface area contributed by atoms with Crippen molar-refractivity contribution in [1.29, 1.82) is 0 Å². The fourth-order valence-corrected chi connectivity index (χ4v) is 4.73. The van der Waals surface area contributed by atoms with Crippen molar-refractivity contribution in [3.8, 4) is 5.75 Å². The number of hydrogen-bond acceptors (Lipinski definition) is 4. The number of nitrogens with zero attached hydrogens (tertiary/aromatic N) is 2. The molecule has 1 unspecified atom stereocenters. The summed E-state index contributed by atoms with van der Waals surface area (Å²) < 4.78 is 5.63. The van der Waals surface area contributed by atoms with E-state index in [0.717, 1.165) is 48.4 Å². The number of aromatic amines is 1. The van der Waals surface area contributed by atoms with Crippen LogP contribution in [0.25, 0.3) is 21.8 Å². The molecule has 2 aromatic heterocycles. The molecule has 0 radical (unpaired) electrons. The molecule has 0 saturated carbocycles. The van der Waals surface area contributed by atoms with Gasteiger partial charge < -0.3 is 19.9 Å². The third kappa shape index (κ3) is 5.15. The van der Waals surface area contributed by atoms with E-state index >= 15 is 0 Å². The Morgan fingerprint density at radius 3 is 2.51 bits per heavy atom. The zero-order valence-electron chi connectivity index (χ0n) is 20.4. The molecule has 5 nitrogen and oxygen atoms in total. The first-order chi connectivity index (χ1) is 17.2. The van der Waals surface area contributed by atoms with Gasteiger partial charge in [0.15, 0.2) is 0 Å². The second-order valence-electron chi connectivity index (χ2n) is 8.96. The third-order valence-electron chi connectivity index (χ3n) is 6.62. The minimum atomic E-state index is 0.234. The van der Waals surface area contributed by atoms with E-state index in [4.69, 9.17) is 9.72 Å². The van der Waals surface area contributed by atoms with Gasteiger partial charge >= 0.3 is 0 Å². The van der Waals surface area contributed by atoms with E-state index in [9.17, 15) is 0 Å². The lowest BCUT2D eigenvalue weighted by atomic mass is 9.98. The van der Waals surface area contributed by atoms with Crippen LogP contribution in [0.3, 0.4) is 0 Å². The molecule has 0 aliphatic carbocycles. The molecule has 5 rings (SSSR count). The van der Waals surface area contributed by atoms with Gasteiger partial charge in [-0.3, -0.25) is 0 Å². The summed E-state index contributed by atoms with van der Waals surface area (Å²) >= 11 is 0. The van der Waals surface area contributed by atoms with Crippen LogP contribution in [0.15, 0.2) is 91.1 Å². The fourth-order valence-electron chi connectivity index (χ4n) is 4.73. The molecule has 5 heteroatoms. The van der Waals surface area contributed by atoms with Crippen molar-refractivity contribution in [3.05, 3.63) is 102 Å². The summed E-state index contributed by atoms with van der Waals surface area (Å²) in [6.45, 7) is 1.81. The number of hydrogen-bond donors (Lipinski definition) is 2. The number of anilines is 1. The molecule has 3 aromatic carbocycles. The van der Waals surface area contributed by atoms with E-state index in [1.54, 1.807) is 7.11 Å². The number of fused-ring (bicyclic) bond motifs is 2. The zero-order valence-corrected chi connectivity index (χ0v) is 20.4. The zero-order chi connectivity index (χ0) is 24.0. The Bertz CT molecular complexity index is 1400. The van der Waals surface area contributed by atoms with Crippen LogP contribution < -0.4 is 15.0 Å². The third-order valence-corrected chi connectivity index (χ3v) is 6.62. The van der Waals surface area contributed by atoms with Crippen LogP contribution >= 0.6 is 0 Å². The van der Waals surface area contributed by atoms with Crippen molar-refractivity contribution in [2.75, 3.05) is 32.1 Å². The Morgan fingerprint density at radius 2 is 1.69 bits per heavy atom. The number of H-pyrrole nitrogens is 1. The van der Waals surface area contributed by atoms with Gasteiger partial charge in [-0.15, -0.1) is 0 Å². The first-order valence-electron chi connectivity index (χ1n) is 12.2. The first kappa shape index (κ1) is 22.9. The van der Waals surface area contributed by atoms with E-state index in [1.165, 1.54) is 22.0 Å². The molecule has 2 heterocycles. The molecule has 178 valence electrons. The van der Waals surface area contributed by atoms with Gasteiger partial charge in [-0.05, 0) is 48.7 Å². The van der Waals surface area contributed by atoms with Crippen LogP contribution in [0.2, 0.25) is 0 Å². The number of methoxy groups -OCH3 is 1. The van der Waals surface area contributed by atoms with Crippen LogP contribution in [-0.4, -0.2) is 37.2 Å². The monoisotopic (exact) mass is 464 g/mol. The maximum Gasteiger partial charge on any atom is 0.132 e. The van der Waals surface area contributed by atoms with E-state index in [1.807, 2.05) is 30.3 Å². The number of rotatable bonds is 10. The summed E-state index contributed by atoms with van der Waals surface area (Å²) in [5, 5.41) is 6.15. The van der Waals surface area contributed by atoms with Gasteiger partial charge in [0.2, 0.25) is 0 Å². The normalized spacial score (nSPS) is 12.2. The highest BCUT2D eigenvalue weighted by molar-refractivity contribution is 5.87. The maximum absolute atomic E-state index is 5.63. The number of aromatic nitrogens is 2. The summed E-state index contributed by atoms with van der Waals surface area (Å²) in [5.74, 6) is 1.79. The highest BCUT2D eigenvalue weighted by Gasteiger charge is 2.16. The predicted octanol–water partition coefficient (Wildman–Crippen LogP) is 6.12. The number of nitrogens with one attached hydrogen (secondary N) is 2. The lowest BCUT2D eigenvalue weighted by molar-refractivity contribution is 0.419. The molecule has 0 aliphatic rings. The number of pyridine rings is 1. The van der Waals surface area contributed by atoms with Gasteiger partial charge in [-0.25, -0.2) is 4.98 Å². The van der Waals surface area contributed by atoms with Gasteiger partial charge in [0.1, 0.15) is 11.6 Å². The van der Waals surface area contributed by atoms with Gasteiger partial charge in [0.05, 0.1) is 12.6 Å². The van der Waals surface area contributed by atoms with Gasteiger partial charge in [0, 0.05) is 48.2 Å². The molecule has 0 aliphatic heterocycles. The summed E-state index contributed by atoms with van der Waals surface area (Å²) in [7, 11) is 3.81. The average molecular weight is 465 g/mol. The second-order valence-corrected chi connectivity index (χ2v) is 8.96. The van der Waals surface area contributed by atoms with Crippen molar-refractivity contribution < 1.29 is 4.74 Å². The lowest BCUT2D eigenvalue weighted by Crippen LogP contribution is -2.28. The molecule has 0 bridgehead atoms. The van der Waals surface area contributed by atoms with Crippen LogP contribution in [0.5, 0.6) is 5.75 Å². The quantitative estimate of drug-likeness (QED) is 0.244. The standard InChI is InChI=1S/C30H32N4O/c1-34(30-20-29(35-2)24-14-7-9-16-27(24)33-30)18-10-17-31-28(19-22-11-4-3-5-12-22)25-21-32-26-15-8-6-13-23(25)26/h3-9,11-16,20-21,28,31-32H,10,17-19H2,1-2H3. The fraction of sp³-hybridized carbons (Fsp3) is 0.233. The maximum atomic E-state index is 5.63. The van der Waals surface area contributed by atoms with Crippen molar-refractivity contribution in [2.24, 2.45) is 0 Å². The second kappa shape index (κ2) is 10.6. The molecule has 35 heavy (non-hydrogen) atoms. The minimum absolute atomic E-state index is 0.234. The average Bonchev–Trinajstić information content (AvgIpc) is 3.34. The van der Waals surface area contributed by atoms with E-state index in [0.29, 0.717) is 0 Å². The molecule has 1 atom stereocenters. The molecular weight excluding hydrogens is 432 g/mol. The molecule has 5 aromatic rings. The van der Waals surface area contributed by atoms with Crippen LogP contribution in [0.4, 0.5) is 5.82 Å². The van der Waals surface area contributed by atoms with E-state index < -0.39 is 0 Å². The molecule has 2 N–H and O–H groups in total. The lowest BCUT2D eigenvalue weighted by Gasteiger charge is -2.22. The Morgan fingerprint density at radius 1 is 0.943 bits per heavy atom. The molecule has 0 spiro atoms. The summed E-state index contributed by atoms with van der Waals surface area (Å²) in [5.41, 5.74) is 4.78. The Hall–Kier alpha value is -3.83. The van der Waals surface area contributed by atoms with Crippen molar-refractivity contribution in [2.45, 2.75) is 18.9 Å². The predicted molar refractivity (Wildman–Crippen MR) is 145 cm³/mol. The van der Waals surface area contributed by atoms with Gasteiger partial charge in [0.25, 0.3) is 0 Å². The van der Waals surface area contributed by atoms with Crippen LogP contribution in [0, 0.1) is 0 Å². The van der Waals surface area contributed by atoms with E-state index in [2.05, 4.69) is 83.0 Å². The Balaban J connectivity index is 1.27. The molecule has 0 fully saturated rings. The number of benzene rings is 3. The first-order valence-corrected chi connectivity index (χ1v) is 12.2. The molecule has 0 amide bonds. The highest BCUT2D eigenvalue weighted by Crippen LogP contribution is 2.29. The van der Waals surface area contributed by atoms with Crippen molar-refractivity contribution >= 4 is 27.6 Å². The summed E-state index contributed by atoms with van der Waals surface area (Å²) in [4.78, 5) is 10.5. The Kier molecular flexibility index (Phi) is 6.96. The number of para-hydroxylation sites is 2. The smallest absolute Gasteiger partial charge is 0.132 e. The van der Waals surface area contributed by atoms with Crippen molar-refractivity contribution in [1.82, 2.24) is 15.3 Å². The molecule has 0 saturated heterocycles.